The summed E-state index contributed by atoms with van der Waals surface area (Å²) in [6, 6.07) is 0. The molecular weight excluding hydrogens is 208 g/mol. The lowest BCUT2D eigenvalue weighted by Crippen LogP contribution is -2.41. The van der Waals surface area contributed by atoms with Crippen molar-refractivity contribution in [3.8, 4) is 0 Å². The van der Waals surface area contributed by atoms with E-state index in [2.05, 4.69) is 5.32 Å². The van der Waals surface area contributed by atoms with E-state index in [1.54, 1.807) is 14.0 Å². The van der Waals surface area contributed by atoms with E-state index in [-0.39, 0.29) is 18.4 Å². The Morgan fingerprint density at radius 3 is 2.75 bits per heavy atom. The Labute approximate surface area is 97.3 Å². The van der Waals surface area contributed by atoms with Gasteiger partial charge in [-0.3, -0.25) is 4.79 Å². The van der Waals surface area contributed by atoms with Crippen LogP contribution in [0.5, 0.6) is 0 Å². The van der Waals surface area contributed by atoms with E-state index in [0.29, 0.717) is 26.0 Å². The number of hydrogen-bond donors (Lipinski definition) is 3. The molecule has 0 aromatic carbocycles. The van der Waals surface area contributed by atoms with Gasteiger partial charge < -0.3 is 20.9 Å². The summed E-state index contributed by atoms with van der Waals surface area (Å²) in [7, 11) is 1.58. The molecule has 4 N–H and O–H groups in total. The summed E-state index contributed by atoms with van der Waals surface area (Å²) >= 11 is 0. The molecule has 0 aromatic rings. The monoisotopic (exact) mass is 232 g/mol. The van der Waals surface area contributed by atoms with Crippen molar-refractivity contribution >= 4 is 5.91 Å². The number of ether oxygens (including phenoxy) is 1. The van der Waals surface area contributed by atoms with Crippen molar-refractivity contribution in [1.82, 2.24) is 5.32 Å². The highest BCUT2D eigenvalue weighted by Gasteiger charge is 2.21. The smallest absolute Gasteiger partial charge is 0.220 e. The van der Waals surface area contributed by atoms with Gasteiger partial charge in [-0.2, -0.15) is 0 Å². The van der Waals surface area contributed by atoms with E-state index in [1.165, 1.54) is 0 Å². The van der Waals surface area contributed by atoms with E-state index in [9.17, 15) is 9.90 Å². The number of hydrogen-bond acceptors (Lipinski definition) is 4. The fourth-order valence-electron chi connectivity index (χ4n) is 1.17. The van der Waals surface area contributed by atoms with Gasteiger partial charge in [0.1, 0.15) is 0 Å². The van der Waals surface area contributed by atoms with Gasteiger partial charge in [0.25, 0.3) is 0 Å². The summed E-state index contributed by atoms with van der Waals surface area (Å²) in [5.74, 6) is 0.0968. The Kier molecular flexibility index (Phi) is 7.29. The summed E-state index contributed by atoms with van der Waals surface area (Å²) in [5.41, 5.74) is 4.50. The number of aliphatic hydroxyl groups is 1. The molecule has 0 spiro atoms. The van der Waals surface area contributed by atoms with Gasteiger partial charge in [0.05, 0.1) is 5.60 Å². The molecule has 2 atom stereocenters. The van der Waals surface area contributed by atoms with Crippen molar-refractivity contribution in [3.05, 3.63) is 0 Å². The van der Waals surface area contributed by atoms with Crippen LogP contribution in [0.1, 0.15) is 26.7 Å². The number of carbonyl (C=O) groups is 1. The molecule has 0 fully saturated rings. The van der Waals surface area contributed by atoms with Gasteiger partial charge in [0.2, 0.25) is 5.91 Å². The lowest BCUT2D eigenvalue weighted by atomic mass is 10.0. The molecule has 16 heavy (non-hydrogen) atoms. The van der Waals surface area contributed by atoms with E-state index < -0.39 is 5.60 Å². The van der Waals surface area contributed by atoms with Crippen LogP contribution in [0.4, 0.5) is 0 Å². The quantitative estimate of drug-likeness (QED) is 0.544. The molecule has 0 heterocycles. The molecule has 0 saturated carbocycles. The lowest BCUT2D eigenvalue weighted by molar-refractivity contribution is -0.123. The van der Waals surface area contributed by atoms with Gasteiger partial charge >= 0.3 is 0 Å². The largest absolute Gasteiger partial charge is 0.388 e. The highest BCUT2D eigenvalue weighted by molar-refractivity contribution is 5.76. The van der Waals surface area contributed by atoms with Crippen LogP contribution in [0, 0.1) is 5.92 Å². The third-order valence-electron chi connectivity index (χ3n) is 2.45. The minimum Gasteiger partial charge on any atom is -0.388 e. The number of rotatable bonds is 8. The number of amides is 1. The van der Waals surface area contributed by atoms with Gasteiger partial charge in [-0.05, 0) is 19.4 Å². The second kappa shape index (κ2) is 7.60. The van der Waals surface area contributed by atoms with Crippen molar-refractivity contribution in [2.24, 2.45) is 11.7 Å². The van der Waals surface area contributed by atoms with Crippen LogP contribution in [-0.2, 0) is 9.53 Å². The number of methoxy groups -OCH3 is 1. The van der Waals surface area contributed by atoms with Crippen LogP contribution < -0.4 is 11.1 Å². The highest BCUT2D eigenvalue weighted by atomic mass is 16.5. The first kappa shape index (κ1) is 15.3. The van der Waals surface area contributed by atoms with Crippen LogP contribution in [-0.4, -0.2) is 43.4 Å². The molecule has 0 radical (unpaired) electrons. The molecule has 5 heteroatoms. The topological polar surface area (TPSA) is 84.6 Å². The zero-order valence-electron chi connectivity index (χ0n) is 10.5. The minimum absolute atomic E-state index is 0.0735. The number of nitrogens with two attached hydrogens (primary N) is 1. The molecule has 1 amide bonds. The second-order valence-corrected chi connectivity index (χ2v) is 4.56. The van der Waals surface area contributed by atoms with Crippen LogP contribution in [0.3, 0.4) is 0 Å². The van der Waals surface area contributed by atoms with E-state index in [0.717, 1.165) is 0 Å². The standard InChI is InChI=1S/C11H24N2O3/c1-9(7-12)6-10(14)13-8-11(2,15)4-5-16-3/h9,15H,4-8,12H2,1-3H3,(H,13,14). The Bertz CT molecular complexity index is 207. The molecule has 0 aliphatic carbocycles. The fourth-order valence-corrected chi connectivity index (χ4v) is 1.17. The summed E-state index contributed by atoms with van der Waals surface area (Å²) in [5, 5.41) is 12.6. The maximum atomic E-state index is 11.4. The predicted octanol–water partition coefficient (Wildman–Crippen LogP) is -0.125. The SMILES string of the molecule is COCCC(C)(O)CNC(=O)CC(C)CN. The molecule has 5 nitrogen and oxygen atoms in total. The second-order valence-electron chi connectivity index (χ2n) is 4.56. The summed E-state index contributed by atoms with van der Waals surface area (Å²) in [4.78, 5) is 11.4. The van der Waals surface area contributed by atoms with E-state index in [4.69, 9.17) is 10.5 Å². The first-order valence-corrected chi connectivity index (χ1v) is 5.59. The predicted molar refractivity (Wildman–Crippen MR) is 63.0 cm³/mol. The Hall–Kier alpha value is -0.650. The molecule has 96 valence electrons. The Balaban J connectivity index is 3.81. The molecular formula is C11H24N2O3. The molecule has 2 unspecified atom stereocenters. The molecule has 0 aromatic heterocycles. The number of nitrogens with one attached hydrogen (secondary N) is 1. The third-order valence-corrected chi connectivity index (χ3v) is 2.45. The van der Waals surface area contributed by atoms with Crippen LogP contribution in [0.2, 0.25) is 0 Å². The van der Waals surface area contributed by atoms with Crippen molar-refractivity contribution < 1.29 is 14.6 Å². The first-order valence-electron chi connectivity index (χ1n) is 5.59. The van der Waals surface area contributed by atoms with Gasteiger partial charge in [-0.1, -0.05) is 6.92 Å². The molecule has 0 bridgehead atoms. The third kappa shape index (κ3) is 7.62. The summed E-state index contributed by atoms with van der Waals surface area (Å²) in [6.45, 7) is 4.81. The average Bonchev–Trinajstić information content (AvgIpc) is 2.24. The fraction of sp³-hybridized carbons (Fsp3) is 0.909. The maximum absolute atomic E-state index is 11.4. The average molecular weight is 232 g/mol. The molecule has 0 rings (SSSR count). The van der Waals surface area contributed by atoms with Crippen molar-refractivity contribution in [2.75, 3.05) is 26.8 Å². The highest BCUT2D eigenvalue weighted by Crippen LogP contribution is 2.08. The number of carbonyl (C=O) groups excluding carboxylic acids is 1. The zero-order valence-corrected chi connectivity index (χ0v) is 10.5. The lowest BCUT2D eigenvalue weighted by Gasteiger charge is -2.23. The first-order chi connectivity index (χ1) is 7.41. The van der Waals surface area contributed by atoms with Gasteiger partial charge in [0.15, 0.2) is 0 Å². The van der Waals surface area contributed by atoms with E-state index >= 15 is 0 Å². The summed E-state index contributed by atoms with van der Waals surface area (Å²) in [6.07, 6.45) is 0.896. The normalized spacial score (nSPS) is 16.6. The van der Waals surface area contributed by atoms with Crippen LogP contribution in [0.25, 0.3) is 0 Å². The van der Waals surface area contributed by atoms with E-state index in [1.807, 2.05) is 6.92 Å². The molecule has 0 aliphatic heterocycles. The van der Waals surface area contributed by atoms with Crippen LogP contribution in [0.15, 0.2) is 0 Å². The van der Waals surface area contributed by atoms with Crippen molar-refractivity contribution in [1.29, 1.82) is 0 Å². The Morgan fingerprint density at radius 2 is 2.25 bits per heavy atom. The maximum Gasteiger partial charge on any atom is 0.220 e. The van der Waals surface area contributed by atoms with Gasteiger partial charge in [-0.15, -0.1) is 0 Å². The molecule has 0 saturated heterocycles. The van der Waals surface area contributed by atoms with Crippen molar-refractivity contribution in [3.63, 3.8) is 0 Å². The minimum atomic E-state index is -0.919. The molecule has 0 aliphatic rings. The van der Waals surface area contributed by atoms with Gasteiger partial charge in [0, 0.05) is 33.1 Å². The van der Waals surface area contributed by atoms with Gasteiger partial charge in [-0.25, -0.2) is 0 Å². The summed E-state index contributed by atoms with van der Waals surface area (Å²) < 4.78 is 4.88. The zero-order chi connectivity index (χ0) is 12.6. The Morgan fingerprint density at radius 1 is 1.62 bits per heavy atom. The van der Waals surface area contributed by atoms with Crippen molar-refractivity contribution in [2.45, 2.75) is 32.3 Å². The van der Waals surface area contributed by atoms with Crippen LogP contribution >= 0.6 is 0 Å².